The third-order valence-electron chi connectivity index (χ3n) is 5.41. The normalized spacial score (nSPS) is 13.3. The van der Waals surface area contributed by atoms with E-state index in [0.29, 0.717) is 18.0 Å². The Balaban J connectivity index is 1.63. The fourth-order valence-electron chi connectivity index (χ4n) is 3.55. The van der Waals surface area contributed by atoms with Crippen molar-refractivity contribution in [3.63, 3.8) is 0 Å². The number of ether oxygens (including phenoxy) is 1. The number of halogens is 2. The van der Waals surface area contributed by atoms with E-state index in [4.69, 9.17) is 27.9 Å². The molecule has 0 aliphatic heterocycles. The molecule has 0 amide bonds. The van der Waals surface area contributed by atoms with Crippen LogP contribution < -0.4 is 5.32 Å². The van der Waals surface area contributed by atoms with Crippen molar-refractivity contribution in [3.8, 4) is 0 Å². The van der Waals surface area contributed by atoms with Gasteiger partial charge in [0.25, 0.3) is 0 Å². The highest BCUT2D eigenvalue weighted by Gasteiger charge is 2.21. The number of nitrogens with one attached hydrogen (secondary N) is 1. The number of rotatable bonds is 10. The van der Waals surface area contributed by atoms with Gasteiger partial charge in [-0.1, -0.05) is 47.5 Å². The molecule has 0 aliphatic rings. The van der Waals surface area contributed by atoms with E-state index in [1.54, 1.807) is 49.4 Å². The van der Waals surface area contributed by atoms with Gasteiger partial charge in [-0.25, -0.2) is 13.2 Å². The van der Waals surface area contributed by atoms with Gasteiger partial charge in [-0.15, -0.1) is 0 Å². The van der Waals surface area contributed by atoms with Crippen LogP contribution in [0.3, 0.4) is 0 Å². The standard InChI is InChI=1S/C26H27Cl2NO5S/c1-3-34-26(31)23-12-11-22(15-24(23)28)35(32,33)21-9-7-18(8-10-21)13-17(2)29-16-25(30)19-5-4-6-20(27)14-19/h4-12,14-15,17,25,29-30H,3,13,16H2,1-2H3/t17-,25+/m1/s1. The minimum Gasteiger partial charge on any atom is -0.462 e. The number of carbonyl (C=O) groups excluding carboxylic acids is 1. The van der Waals surface area contributed by atoms with Crippen molar-refractivity contribution < 1.29 is 23.1 Å². The van der Waals surface area contributed by atoms with Crippen LogP contribution >= 0.6 is 23.2 Å². The second-order valence-electron chi connectivity index (χ2n) is 8.09. The molecule has 0 saturated carbocycles. The van der Waals surface area contributed by atoms with E-state index in [-0.39, 0.29) is 33.0 Å². The first-order valence-electron chi connectivity index (χ1n) is 11.1. The Morgan fingerprint density at radius 3 is 2.34 bits per heavy atom. The summed E-state index contributed by atoms with van der Waals surface area (Å²) in [7, 11) is -3.81. The average Bonchev–Trinajstić information content (AvgIpc) is 2.83. The van der Waals surface area contributed by atoms with Gasteiger partial charge >= 0.3 is 5.97 Å². The van der Waals surface area contributed by atoms with Gasteiger partial charge in [0.2, 0.25) is 9.84 Å². The van der Waals surface area contributed by atoms with Gasteiger partial charge in [0.15, 0.2) is 0 Å². The zero-order valence-corrected chi connectivity index (χ0v) is 21.7. The molecule has 2 N–H and O–H groups in total. The van der Waals surface area contributed by atoms with Gasteiger partial charge in [-0.05, 0) is 73.9 Å². The van der Waals surface area contributed by atoms with E-state index in [2.05, 4.69) is 5.32 Å². The molecule has 9 heteroatoms. The van der Waals surface area contributed by atoms with Crippen LogP contribution in [0.1, 0.15) is 41.4 Å². The molecule has 0 aliphatic carbocycles. The van der Waals surface area contributed by atoms with Crippen molar-refractivity contribution in [2.75, 3.05) is 13.2 Å². The molecule has 186 valence electrons. The van der Waals surface area contributed by atoms with Crippen LogP contribution in [-0.4, -0.2) is 38.7 Å². The molecule has 0 heterocycles. The van der Waals surface area contributed by atoms with Crippen molar-refractivity contribution in [2.24, 2.45) is 0 Å². The average molecular weight is 536 g/mol. The molecule has 0 bridgehead atoms. The summed E-state index contributed by atoms with van der Waals surface area (Å²) >= 11 is 12.1. The lowest BCUT2D eigenvalue weighted by Gasteiger charge is -2.18. The highest BCUT2D eigenvalue weighted by Crippen LogP contribution is 2.27. The maximum Gasteiger partial charge on any atom is 0.339 e. The Labute approximate surface area is 215 Å². The molecule has 3 rings (SSSR count). The topological polar surface area (TPSA) is 92.7 Å². The molecule has 0 radical (unpaired) electrons. The predicted molar refractivity (Wildman–Crippen MR) is 137 cm³/mol. The number of sulfone groups is 1. The molecule has 3 aromatic carbocycles. The summed E-state index contributed by atoms with van der Waals surface area (Å²) in [6.45, 7) is 4.21. The smallest absolute Gasteiger partial charge is 0.339 e. The van der Waals surface area contributed by atoms with Crippen molar-refractivity contribution in [1.82, 2.24) is 5.32 Å². The fraction of sp³-hybridized carbons (Fsp3) is 0.269. The third kappa shape index (κ3) is 7.06. The molecule has 0 spiro atoms. The second-order valence-corrected chi connectivity index (χ2v) is 10.9. The maximum atomic E-state index is 13.0. The van der Waals surface area contributed by atoms with E-state index in [1.807, 2.05) is 13.0 Å². The molecular formula is C26H27Cl2NO5S. The minimum absolute atomic E-state index is 0.00617. The SMILES string of the molecule is CCOC(=O)c1ccc(S(=O)(=O)c2ccc(C[C@@H](C)NC[C@H](O)c3cccc(Cl)c3)cc2)cc1Cl. The summed E-state index contributed by atoms with van der Waals surface area (Å²) in [4.78, 5) is 12.0. The first-order chi connectivity index (χ1) is 16.6. The van der Waals surface area contributed by atoms with Crippen LogP contribution in [0.4, 0.5) is 0 Å². The predicted octanol–water partition coefficient (Wildman–Crippen LogP) is 5.26. The number of aliphatic hydroxyl groups excluding tert-OH is 1. The molecule has 35 heavy (non-hydrogen) atoms. The van der Waals surface area contributed by atoms with Crippen molar-refractivity contribution >= 4 is 39.0 Å². The maximum absolute atomic E-state index is 13.0. The number of aliphatic hydroxyl groups is 1. The van der Waals surface area contributed by atoms with Gasteiger partial charge in [0.1, 0.15) is 0 Å². The number of carbonyl (C=O) groups is 1. The van der Waals surface area contributed by atoms with Crippen LogP contribution in [0.2, 0.25) is 10.0 Å². The molecule has 0 unspecified atom stereocenters. The van der Waals surface area contributed by atoms with Gasteiger partial charge in [-0.3, -0.25) is 0 Å². The molecule has 3 aromatic rings. The molecule has 6 nitrogen and oxygen atoms in total. The summed E-state index contributed by atoms with van der Waals surface area (Å²) in [6, 6.07) is 17.7. The Hall–Kier alpha value is -2.42. The Morgan fingerprint density at radius 1 is 1.03 bits per heavy atom. The van der Waals surface area contributed by atoms with Gasteiger partial charge < -0.3 is 15.2 Å². The molecule has 0 aromatic heterocycles. The van der Waals surface area contributed by atoms with Crippen molar-refractivity contribution in [2.45, 2.75) is 42.2 Å². The summed E-state index contributed by atoms with van der Waals surface area (Å²) < 4.78 is 31.0. The highest BCUT2D eigenvalue weighted by atomic mass is 35.5. The van der Waals surface area contributed by atoms with Crippen molar-refractivity contribution in [3.05, 3.63) is 93.5 Å². The van der Waals surface area contributed by atoms with Gasteiger partial charge in [0, 0.05) is 17.6 Å². The van der Waals surface area contributed by atoms with Crippen LogP contribution in [-0.2, 0) is 21.0 Å². The fourth-order valence-corrected chi connectivity index (χ4v) is 5.36. The summed E-state index contributed by atoms with van der Waals surface area (Å²) in [5.74, 6) is -0.603. The zero-order chi connectivity index (χ0) is 25.6. The van der Waals surface area contributed by atoms with E-state index in [9.17, 15) is 18.3 Å². The third-order valence-corrected chi connectivity index (χ3v) is 7.73. The van der Waals surface area contributed by atoms with E-state index >= 15 is 0 Å². The molecular weight excluding hydrogens is 509 g/mol. The highest BCUT2D eigenvalue weighted by molar-refractivity contribution is 7.91. The second kappa shape index (κ2) is 12.0. The Bertz CT molecular complexity index is 1280. The monoisotopic (exact) mass is 535 g/mol. The van der Waals surface area contributed by atoms with E-state index in [1.165, 1.54) is 18.2 Å². The van der Waals surface area contributed by atoms with Gasteiger partial charge in [-0.2, -0.15) is 0 Å². The van der Waals surface area contributed by atoms with Crippen LogP contribution in [0.25, 0.3) is 0 Å². The van der Waals surface area contributed by atoms with E-state index in [0.717, 1.165) is 11.1 Å². The number of hydrogen-bond donors (Lipinski definition) is 2. The lowest BCUT2D eigenvalue weighted by atomic mass is 10.1. The van der Waals surface area contributed by atoms with Gasteiger partial charge in [0.05, 0.1) is 33.1 Å². The molecule has 0 fully saturated rings. The van der Waals surface area contributed by atoms with Crippen LogP contribution in [0.15, 0.2) is 76.5 Å². The minimum atomic E-state index is -3.81. The lowest BCUT2D eigenvalue weighted by Crippen LogP contribution is -2.32. The number of hydrogen-bond acceptors (Lipinski definition) is 6. The first kappa shape index (κ1) is 27.2. The number of esters is 1. The summed E-state index contributed by atoms with van der Waals surface area (Å²) in [5, 5.41) is 14.2. The largest absolute Gasteiger partial charge is 0.462 e. The lowest BCUT2D eigenvalue weighted by molar-refractivity contribution is 0.0526. The number of benzene rings is 3. The first-order valence-corrected chi connectivity index (χ1v) is 13.3. The van der Waals surface area contributed by atoms with Crippen LogP contribution in [0.5, 0.6) is 0 Å². The van der Waals surface area contributed by atoms with Crippen LogP contribution in [0, 0.1) is 0 Å². The summed E-state index contributed by atoms with van der Waals surface area (Å²) in [6.07, 6.45) is -0.0476. The Kier molecular flexibility index (Phi) is 9.33. The molecule has 2 atom stereocenters. The molecule has 0 saturated heterocycles. The van der Waals surface area contributed by atoms with E-state index < -0.39 is 21.9 Å². The Morgan fingerprint density at radius 2 is 1.71 bits per heavy atom. The quantitative estimate of drug-likeness (QED) is 0.344. The summed E-state index contributed by atoms with van der Waals surface area (Å²) in [5.41, 5.74) is 1.80. The van der Waals surface area contributed by atoms with Crippen molar-refractivity contribution in [1.29, 1.82) is 0 Å². The zero-order valence-electron chi connectivity index (χ0n) is 19.4.